The van der Waals surface area contributed by atoms with Gasteiger partial charge in [0, 0.05) is 35.6 Å². The fourth-order valence-corrected chi connectivity index (χ4v) is 7.84. The number of thiazole rings is 1. The first kappa shape index (κ1) is 32.0. The number of piperazine rings is 1. The van der Waals surface area contributed by atoms with Crippen LogP contribution in [0.2, 0.25) is 5.02 Å². The molecule has 10 nitrogen and oxygen atoms in total. The number of carbonyl (C=O) groups is 2. The van der Waals surface area contributed by atoms with E-state index < -0.39 is 46.5 Å². The topological polar surface area (TPSA) is 121 Å². The van der Waals surface area contributed by atoms with Gasteiger partial charge >= 0.3 is 18.3 Å². The van der Waals surface area contributed by atoms with Crippen LogP contribution in [0.5, 0.6) is 0 Å². The van der Waals surface area contributed by atoms with E-state index in [2.05, 4.69) is 20.3 Å². The van der Waals surface area contributed by atoms with E-state index in [1.807, 2.05) is 25.7 Å². The monoisotopic (exact) mass is 676 g/mol. The van der Waals surface area contributed by atoms with E-state index in [1.54, 1.807) is 20.8 Å². The number of carboxylic acid groups (broad SMARTS) is 1. The Bertz CT molecular complexity index is 1930. The van der Waals surface area contributed by atoms with Crippen molar-refractivity contribution in [2.24, 2.45) is 5.41 Å². The van der Waals surface area contributed by atoms with Crippen LogP contribution in [0, 0.1) is 23.1 Å². The zero-order valence-corrected chi connectivity index (χ0v) is 27.5. The Balaban J connectivity index is 1.50. The average Bonchev–Trinajstić information content (AvgIpc) is 3.45. The molecule has 4 aromatic rings. The smallest absolute Gasteiger partial charge is 0.413 e. The predicted octanol–water partition coefficient (Wildman–Crippen LogP) is 8.07. The third-order valence-electron chi connectivity index (χ3n) is 8.70. The Hall–Kier alpha value is -3.91. The number of benzene rings is 2. The number of hydrogen-bond acceptors (Lipinski definition) is 8. The quantitative estimate of drug-likeness (QED) is 0.209. The minimum atomic E-state index is -1.17. The number of aromatic nitrogens is 3. The number of nitrogens with one attached hydrogen (secondary N) is 1. The molecule has 0 spiro atoms. The summed E-state index contributed by atoms with van der Waals surface area (Å²) in [6.45, 7) is 11.3. The SMILES string of the molecule is CC(C)(C)OC(=O)Nc1nc2c(-c3c(Cl)cc4c(N5C6CCC5(C(C)(C)C)CN(C(=O)O)C6)nc(F)nc4c3F)ccc(F)c2s1. The first-order valence-electron chi connectivity index (χ1n) is 14.6. The van der Waals surface area contributed by atoms with Crippen LogP contribution < -0.4 is 10.2 Å². The van der Waals surface area contributed by atoms with Crippen molar-refractivity contribution < 1.29 is 32.6 Å². The van der Waals surface area contributed by atoms with E-state index in [4.69, 9.17) is 16.3 Å². The minimum absolute atomic E-state index is 0.0204. The number of hydrogen-bond donors (Lipinski definition) is 2. The van der Waals surface area contributed by atoms with Gasteiger partial charge in [-0.05, 0) is 57.2 Å². The molecule has 2 amide bonds. The molecule has 0 aliphatic carbocycles. The summed E-state index contributed by atoms with van der Waals surface area (Å²) in [5.41, 5.74) is -2.43. The maximum Gasteiger partial charge on any atom is 0.413 e. The van der Waals surface area contributed by atoms with E-state index >= 15 is 8.78 Å². The lowest BCUT2D eigenvalue weighted by Crippen LogP contribution is -2.68. The number of likely N-dealkylation sites (tertiary alicyclic amines) is 1. The largest absolute Gasteiger partial charge is 0.465 e. The number of halogens is 4. The molecule has 2 aliphatic heterocycles. The lowest BCUT2D eigenvalue weighted by molar-refractivity contribution is 0.0635. The summed E-state index contributed by atoms with van der Waals surface area (Å²) in [7, 11) is 0. The zero-order valence-electron chi connectivity index (χ0n) is 26.0. The standard InChI is InChI=1S/C31H32ClF3N6O4S/c1-29(2,3)31-10-9-14(12-40(13-31)28(43)44)41(31)24-16-11-17(32)19(20(34)21(16)36-25(35)38-24)15-7-8-18(33)23-22(15)37-26(46-23)39-27(42)45-30(4,5)6/h7-8,11,14H,9-10,12-13H2,1-6H3,(H,43,44)(H,37,39,42). The van der Waals surface area contributed by atoms with Gasteiger partial charge in [-0.25, -0.2) is 23.4 Å². The number of amides is 2. The molecule has 2 atom stereocenters. The summed E-state index contributed by atoms with van der Waals surface area (Å²) in [4.78, 5) is 40.0. The Morgan fingerprint density at radius 3 is 2.48 bits per heavy atom. The normalized spacial score (nSPS) is 20.1. The van der Waals surface area contributed by atoms with Gasteiger partial charge in [-0.2, -0.15) is 14.4 Å². The zero-order chi connectivity index (χ0) is 33.5. The molecule has 2 saturated heterocycles. The highest BCUT2D eigenvalue weighted by Gasteiger charge is 2.58. The average molecular weight is 677 g/mol. The number of nitrogens with zero attached hydrogens (tertiary/aromatic N) is 5. The van der Waals surface area contributed by atoms with Gasteiger partial charge in [0.1, 0.15) is 22.8 Å². The molecule has 2 aromatic carbocycles. The van der Waals surface area contributed by atoms with Crippen molar-refractivity contribution in [3.8, 4) is 11.1 Å². The molecule has 2 aliphatic rings. The van der Waals surface area contributed by atoms with E-state index in [0.29, 0.717) is 12.8 Å². The van der Waals surface area contributed by atoms with Crippen LogP contribution in [0.25, 0.3) is 32.2 Å². The molecule has 6 rings (SSSR count). The fraction of sp³-hybridized carbons (Fsp3) is 0.452. The van der Waals surface area contributed by atoms with E-state index in [-0.39, 0.29) is 67.3 Å². The van der Waals surface area contributed by atoms with Crippen molar-refractivity contribution in [2.45, 2.75) is 71.6 Å². The van der Waals surface area contributed by atoms with E-state index in [0.717, 1.165) is 17.4 Å². The van der Waals surface area contributed by atoms with Crippen molar-refractivity contribution in [2.75, 3.05) is 23.3 Å². The lowest BCUT2D eigenvalue weighted by atomic mass is 9.71. The Labute approximate surface area is 271 Å². The van der Waals surface area contributed by atoms with Crippen molar-refractivity contribution in [3.05, 3.63) is 40.9 Å². The predicted molar refractivity (Wildman–Crippen MR) is 170 cm³/mol. The number of rotatable bonds is 3. The van der Waals surface area contributed by atoms with E-state index in [1.165, 1.54) is 17.0 Å². The van der Waals surface area contributed by atoms with Crippen LogP contribution in [-0.2, 0) is 4.74 Å². The fourth-order valence-electron chi connectivity index (χ4n) is 6.67. The summed E-state index contributed by atoms with van der Waals surface area (Å²) in [5, 5.41) is 12.4. The second-order valence-electron chi connectivity index (χ2n) is 13.7. The summed E-state index contributed by atoms with van der Waals surface area (Å²) in [6.07, 6.45) is -1.77. The van der Waals surface area contributed by atoms with Gasteiger partial charge in [-0.1, -0.05) is 43.7 Å². The highest BCUT2D eigenvalue weighted by atomic mass is 35.5. The van der Waals surface area contributed by atoms with Gasteiger partial charge in [-0.15, -0.1) is 0 Å². The highest BCUT2D eigenvalue weighted by molar-refractivity contribution is 7.22. The van der Waals surface area contributed by atoms with Crippen LogP contribution in [-0.4, -0.2) is 67.4 Å². The summed E-state index contributed by atoms with van der Waals surface area (Å²) in [5.74, 6) is -1.49. The van der Waals surface area contributed by atoms with Crippen LogP contribution in [0.1, 0.15) is 54.4 Å². The second-order valence-corrected chi connectivity index (χ2v) is 15.1. The molecule has 0 radical (unpaired) electrons. The number of anilines is 2. The molecule has 15 heteroatoms. The third-order valence-corrected chi connectivity index (χ3v) is 9.98. The van der Waals surface area contributed by atoms with Crippen LogP contribution in [0.15, 0.2) is 18.2 Å². The van der Waals surface area contributed by atoms with Gasteiger partial charge in [-0.3, -0.25) is 5.32 Å². The summed E-state index contributed by atoms with van der Waals surface area (Å²) in [6, 6.07) is 3.55. The number of fused-ring (bicyclic) bond motifs is 4. The molecule has 0 saturated carbocycles. The molecule has 2 fully saturated rings. The molecule has 2 aromatic heterocycles. The molecule has 2 bridgehead atoms. The maximum absolute atomic E-state index is 16.6. The van der Waals surface area contributed by atoms with Gasteiger partial charge in [0.15, 0.2) is 10.9 Å². The van der Waals surface area contributed by atoms with Crippen molar-refractivity contribution in [1.29, 1.82) is 0 Å². The Kier molecular flexibility index (Phi) is 7.54. The summed E-state index contributed by atoms with van der Waals surface area (Å²) < 4.78 is 52.1. The number of carbonyl (C=O) groups excluding carboxylic acids is 1. The maximum atomic E-state index is 16.6. The molecule has 2 N–H and O–H groups in total. The number of ether oxygens (including phenoxy) is 1. The van der Waals surface area contributed by atoms with Gasteiger partial charge in [0.25, 0.3) is 0 Å². The van der Waals surface area contributed by atoms with Crippen molar-refractivity contribution in [1.82, 2.24) is 19.9 Å². The molecular weight excluding hydrogens is 645 g/mol. The van der Waals surface area contributed by atoms with Crippen LogP contribution >= 0.6 is 22.9 Å². The van der Waals surface area contributed by atoms with Crippen molar-refractivity contribution >= 4 is 67.2 Å². The first-order valence-corrected chi connectivity index (χ1v) is 15.8. The van der Waals surface area contributed by atoms with Gasteiger partial charge in [0.05, 0.1) is 20.8 Å². The van der Waals surface area contributed by atoms with Crippen LogP contribution in [0.3, 0.4) is 0 Å². The molecule has 46 heavy (non-hydrogen) atoms. The van der Waals surface area contributed by atoms with E-state index in [9.17, 15) is 19.1 Å². The van der Waals surface area contributed by atoms with Gasteiger partial charge < -0.3 is 19.6 Å². The highest BCUT2D eigenvalue weighted by Crippen LogP contribution is 2.53. The Morgan fingerprint density at radius 2 is 1.83 bits per heavy atom. The van der Waals surface area contributed by atoms with Crippen molar-refractivity contribution in [3.63, 3.8) is 0 Å². The molecular formula is C31H32ClF3N6O4S. The Morgan fingerprint density at radius 1 is 1.11 bits per heavy atom. The van der Waals surface area contributed by atoms with Gasteiger partial charge in [0.2, 0.25) is 0 Å². The lowest BCUT2D eigenvalue weighted by Gasteiger charge is -2.55. The molecule has 2 unspecified atom stereocenters. The summed E-state index contributed by atoms with van der Waals surface area (Å²) >= 11 is 7.61. The molecule has 244 valence electrons. The minimum Gasteiger partial charge on any atom is -0.465 e. The third kappa shape index (κ3) is 5.24. The van der Waals surface area contributed by atoms with Crippen LogP contribution in [0.4, 0.5) is 33.7 Å². The molecule has 4 heterocycles. The first-order chi connectivity index (χ1) is 21.4. The second kappa shape index (κ2) is 10.8.